The van der Waals surface area contributed by atoms with E-state index in [0.717, 1.165) is 16.2 Å². The lowest BCUT2D eigenvalue weighted by Gasteiger charge is -2.49. The van der Waals surface area contributed by atoms with Crippen molar-refractivity contribution in [3.05, 3.63) is 31.8 Å². The zero-order chi connectivity index (χ0) is 22.7. The molecule has 3 N–H and O–H groups in total. The highest BCUT2D eigenvalue weighted by Gasteiger charge is 2.54. The first kappa shape index (κ1) is 23.4. The Morgan fingerprint density at radius 3 is 2.81 bits per heavy atom. The Balaban J connectivity index is 1.80. The van der Waals surface area contributed by atoms with Gasteiger partial charge in [0.05, 0.1) is 3.39 Å². The van der Waals surface area contributed by atoms with Crippen molar-refractivity contribution >= 4 is 90.0 Å². The first-order chi connectivity index (χ1) is 14.8. The highest BCUT2D eigenvalue weighted by molar-refractivity contribution is 9.28. The van der Waals surface area contributed by atoms with Crippen molar-refractivity contribution < 1.29 is 29.1 Å². The highest BCUT2D eigenvalue weighted by Crippen LogP contribution is 2.41. The van der Waals surface area contributed by atoms with Gasteiger partial charge in [-0.1, -0.05) is 5.16 Å². The number of β-lactam (4-membered cyclic amide) rings is 1. The number of carboxylic acid groups (broad SMARTS) is 1. The number of hydrogen-bond acceptors (Lipinski definition) is 9. The summed E-state index contributed by atoms with van der Waals surface area (Å²) in [5.74, 6) is -2.19. The van der Waals surface area contributed by atoms with Crippen LogP contribution in [0.5, 0.6) is 0 Å². The molecule has 2 atom stereocenters. The molecule has 0 saturated carbocycles. The highest BCUT2D eigenvalue weighted by atomic mass is 79.9. The van der Waals surface area contributed by atoms with E-state index in [2.05, 4.69) is 52.6 Å². The van der Waals surface area contributed by atoms with Crippen LogP contribution in [-0.2, 0) is 24.0 Å². The van der Waals surface area contributed by atoms with E-state index in [1.807, 2.05) is 0 Å². The summed E-state index contributed by atoms with van der Waals surface area (Å²) in [5, 5.41) is 19.4. The van der Waals surface area contributed by atoms with E-state index in [4.69, 9.17) is 4.84 Å². The van der Waals surface area contributed by atoms with E-state index < -0.39 is 29.2 Å². The van der Waals surface area contributed by atoms with Crippen LogP contribution >= 0.6 is 55.0 Å². The summed E-state index contributed by atoms with van der Waals surface area (Å²) in [5.41, 5.74) is 0.278. The van der Waals surface area contributed by atoms with Crippen molar-refractivity contribution in [3.8, 4) is 0 Å². The summed E-state index contributed by atoms with van der Waals surface area (Å²) in [7, 11) is 1.25. The molecule has 1 fully saturated rings. The molecule has 15 heteroatoms. The third kappa shape index (κ3) is 4.83. The zero-order valence-electron chi connectivity index (χ0n) is 15.5. The van der Waals surface area contributed by atoms with Gasteiger partial charge in [0.2, 0.25) is 6.41 Å². The summed E-state index contributed by atoms with van der Waals surface area (Å²) in [6.45, 7) is 0. The van der Waals surface area contributed by atoms with Gasteiger partial charge in [-0.05, 0) is 43.5 Å². The van der Waals surface area contributed by atoms with Crippen LogP contribution < -0.4 is 10.6 Å². The van der Waals surface area contributed by atoms with Crippen molar-refractivity contribution in [2.24, 2.45) is 5.16 Å². The van der Waals surface area contributed by atoms with Crippen molar-refractivity contribution in [2.45, 2.75) is 11.4 Å². The molecule has 1 aromatic heterocycles. The number of oxime groups is 1. The monoisotopic (exact) mass is 593 g/mol. The molecule has 0 bridgehead atoms. The van der Waals surface area contributed by atoms with E-state index >= 15 is 0 Å². The first-order valence-corrected chi connectivity index (χ1v) is 11.8. The van der Waals surface area contributed by atoms with Gasteiger partial charge in [0.1, 0.15) is 29.9 Å². The fourth-order valence-electron chi connectivity index (χ4n) is 2.89. The maximum atomic E-state index is 12.8. The summed E-state index contributed by atoms with van der Waals surface area (Å²) in [4.78, 5) is 57.7. The Morgan fingerprint density at radius 2 is 2.19 bits per heavy atom. The number of carbonyl (C=O) groups is 4. The normalized spacial score (nSPS) is 20.4. The molecule has 3 heterocycles. The Bertz CT molecular complexity index is 1040. The minimum absolute atomic E-state index is 0.134. The Hall–Kier alpha value is -2.23. The molecule has 31 heavy (non-hydrogen) atoms. The minimum atomic E-state index is -1.24. The topological polar surface area (TPSA) is 150 Å². The average molecular weight is 595 g/mol. The number of carbonyl (C=O) groups excluding carboxylic acids is 3. The number of nitrogens with zero attached hydrogens (tertiary/aromatic N) is 3. The second-order valence-electron chi connectivity index (χ2n) is 5.90. The van der Waals surface area contributed by atoms with Crippen LogP contribution in [0.4, 0.5) is 5.13 Å². The lowest BCUT2D eigenvalue weighted by Crippen LogP contribution is -2.71. The van der Waals surface area contributed by atoms with Gasteiger partial charge in [0.25, 0.3) is 11.8 Å². The molecular formula is C16H13Br2N5O6S2. The second kappa shape index (κ2) is 9.93. The number of thioether (sulfide) groups is 1. The summed E-state index contributed by atoms with van der Waals surface area (Å²) in [6.07, 6.45) is 2.02. The third-order valence-electron chi connectivity index (χ3n) is 4.10. The van der Waals surface area contributed by atoms with Gasteiger partial charge >= 0.3 is 5.97 Å². The van der Waals surface area contributed by atoms with E-state index in [9.17, 15) is 24.3 Å². The fraction of sp³-hybridized carbons (Fsp3) is 0.250. The fourth-order valence-corrected chi connectivity index (χ4v) is 5.40. The smallest absolute Gasteiger partial charge is 0.352 e. The van der Waals surface area contributed by atoms with Gasteiger partial charge in [0.15, 0.2) is 10.8 Å². The number of thiazole rings is 1. The average Bonchev–Trinajstić information content (AvgIpc) is 3.17. The van der Waals surface area contributed by atoms with Crippen molar-refractivity contribution in [1.82, 2.24) is 15.2 Å². The SMILES string of the molecule is CO/N=C(/C(=O)NC1C(=O)N2C(C(=O)O)=C(C=C(Br)Br)CS[C@H]12)c1csc(NC=O)n1. The van der Waals surface area contributed by atoms with Crippen molar-refractivity contribution in [2.75, 3.05) is 18.2 Å². The number of amides is 3. The first-order valence-electron chi connectivity index (χ1n) is 8.30. The van der Waals surface area contributed by atoms with E-state index in [-0.39, 0.29) is 22.2 Å². The Kier molecular flexibility index (Phi) is 7.51. The van der Waals surface area contributed by atoms with Crippen molar-refractivity contribution in [3.63, 3.8) is 0 Å². The number of hydrogen-bond donors (Lipinski definition) is 3. The molecule has 0 radical (unpaired) electrons. The van der Waals surface area contributed by atoms with Crippen LogP contribution in [0, 0.1) is 0 Å². The van der Waals surface area contributed by atoms with E-state index in [0.29, 0.717) is 21.1 Å². The molecule has 3 rings (SSSR count). The predicted octanol–water partition coefficient (Wildman–Crippen LogP) is 1.43. The molecule has 2 aliphatic heterocycles. The maximum absolute atomic E-state index is 12.8. The van der Waals surface area contributed by atoms with Crippen LogP contribution in [0.1, 0.15) is 5.69 Å². The number of nitrogens with one attached hydrogen (secondary N) is 2. The van der Waals surface area contributed by atoms with Crippen LogP contribution in [0.3, 0.4) is 0 Å². The molecular weight excluding hydrogens is 582 g/mol. The number of aliphatic carboxylic acids is 1. The van der Waals surface area contributed by atoms with Crippen molar-refractivity contribution in [1.29, 1.82) is 0 Å². The number of allylic oxidation sites excluding steroid dienone is 1. The van der Waals surface area contributed by atoms with E-state index in [1.165, 1.54) is 24.3 Å². The second-order valence-corrected chi connectivity index (χ2v) is 10.6. The molecule has 1 unspecified atom stereocenters. The number of aromatic nitrogens is 1. The molecule has 3 amide bonds. The van der Waals surface area contributed by atoms with Gasteiger partial charge in [-0.25, -0.2) is 9.78 Å². The molecule has 0 spiro atoms. The van der Waals surface area contributed by atoms with Crippen LogP contribution in [0.2, 0.25) is 0 Å². The number of fused-ring (bicyclic) bond motifs is 1. The van der Waals surface area contributed by atoms with Gasteiger partial charge in [0, 0.05) is 11.1 Å². The summed E-state index contributed by atoms with van der Waals surface area (Å²) in [6, 6.07) is -0.946. The van der Waals surface area contributed by atoms with Gasteiger partial charge < -0.3 is 20.6 Å². The molecule has 0 aromatic carbocycles. The number of carboxylic acids is 1. The van der Waals surface area contributed by atoms with Gasteiger partial charge in [-0.3, -0.25) is 19.3 Å². The third-order valence-corrected chi connectivity index (χ3v) is 6.63. The molecule has 2 aliphatic rings. The molecule has 1 saturated heterocycles. The van der Waals surface area contributed by atoms with E-state index in [1.54, 1.807) is 6.08 Å². The summed E-state index contributed by atoms with van der Waals surface area (Å²) < 4.78 is 0.540. The quantitative estimate of drug-likeness (QED) is 0.177. The minimum Gasteiger partial charge on any atom is -0.477 e. The van der Waals surface area contributed by atoms with Crippen LogP contribution in [-0.4, -0.2) is 69.2 Å². The Labute approximate surface area is 200 Å². The lowest BCUT2D eigenvalue weighted by molar-refractivity contribution is -0.150. The van der Waals surface area contributed by atoms with Gasteiger partial charge in [-0.15, -0.1) is 23.1 Å². The van der Waals surface area contributed by atoms with Crippen LogP contribution in [0.15, 0.2) is 31.3 Å². The molecule has 1 aromatic rings. The molecule has 0 aliphatic carbocycles. The summed E-state index contributed by atoms with van der Waals surface area (Å²) >= 11 is 8.78. The maximum Gasteiger partial charge on any atom is 0.352 e. The number of halogens is 2. The standard InChI is InChI=1S/C16H13Br2N5O6S2/c1-29-22-9(7-4-31-16(20-7)19-5-24)12(25)21-10-13(26)23-11(15(27)28)6(2-8(17)18)3-30-14(10)23/h2,4-5,10,14H,3H2,1H3,(H,21,25)(H,27,28)(H,19,20,24)/b22-9+/t10?,14-/m1/s1. The lowest BCUT2D eigenvalue weighted by atomic mass is 10.0. The Morgan fingerprint density at radius 1 is 1.45 bits per heavy atom. The largest absolute Gasteiger partial charge is 0.477 e. The zero-order valence-corrected chi connectivity index (χ0v) is 20.3. The number of rotatable bonds is 8. The van der Waals surface area contributed by atoms with Crippen LogP contribution in [0.25, 0.3) is 0 Å². The molecule has 164 valence electrons. The predicted molar refractivity (Wildman–Crippen MR) is 121 cm³/mol. The van der Waals surface area contributed by atoms with Gasteiger partial charge in [-0.2, -0.15) is 0 Å². The number of anilines is 1. The molecule has 11 nitrogen and oxygen atoms in total.